The number of aromatic nitrogens is 4. The van der Waals surface area contributed by atoms with E-state index in [0.29, 0.717) is 17.8 Å². The lowest BCUT2D eigenvalue weighted by atomic mass is 10.2. The summed E-state index contributed by atoms with van der Waals surface area (Å²) in [5, 5.41) is 7.75. The molecule has 15 heavy (non-hydrogen) atoms. The first-order chi connectivity index (χ1) is 7.36. The van der Waals surface area contributed by atoms with Gasteiger partial charge in [0.2, 0.25) is 0 Å². The van der Waals surface area contributed by atoms with Crippen LogP contribution in [0.4, 0.5) is 0 Å². The molecule has 0 aliphatic carbocycles. The standard InChI is InChI=1S/C8H6N6O/c15-7-5-3-9-8-10-4-12-14(8)6(5)1-2-11-13-7/h2-4H,1H2,(H,13,15). The SMILES string of the molecule is O=C1NN=CCc2c1cnc1ncnn21. The number of hydrazone groups is 1. The second-order valence-corrected chi connectivity index (χ2v) is 3.05. The molecular weight excluding hydrogens is 196 g/mol. The first-order valence-corrected chi connectivity index (χ1v) is 4.36. The van der Waals surface area contributed by atoms with E-state index in [0.717, 1.165) is 5.69 Å². The summed E-state index contributed by atoms with van der Waals surface area (Å²) in [6.07, 6.45) is 5.03. The normalized spacial score (nSPS) is 14.8. The Morgan fingerprint density at radius 2 is 2.33 bits per heavy atom. The smallest absolute Gasteiger partial charge is 0.267 e. The summed E-state index contributed by atoms with van der Waals surface area (Å²) < 4.78 is 1.55. The Labute approximate surface area is 83.8 Å². The molecule has 0 radical (unpaired) electrons. The van der Waals surface area contributed by atoms with Gasteiger partial charge in [0.15, 0.2) is 0 Å². The van der Waals surface area contributed by atoms with Gasteiger partial charge in [-0.15, -0.1) is 0 Å². The van der Waals surface area contributed by atoms with Crippen molar-refractivity contribution in [3.63, 3.8) is 0 Å². The van der Waals surface area contributed by atoms with Crippen LogP contribution < -0.4 is 5.43 Å². The van der Waals surface area contributed by atoms with Crippen molar-refractivity contribution in [1.29, 1.82) is 0 Å². The van der Waals surface area contributed by atoms with Gasteiger partial charge >= 0.3 is 0 Å². The molecule has 1 aliphatic rings. The van der Waals surface area contributed by atoms with Crippen molar-refractivity contribution in [2.75, 3.05) is 0 Å². The van der Waals surface area contributed by atoms with E-state index >= 15 is 0 Å². The summed E-state index contributed by atoms with van der Waals surface area (Å²) in [6, 6.07) is 0. The molecule has 74 valence electrons. The van der Waals surface area contributed by atoms with E-state index in [1.807, 2.05) is 0 Å². The number of nitrogens with one attached hydrogen (secondary N) is 1. The van der Waals surface area contributed by atoms with E-state index in [2.05, 4.69) is 25.6 Å². The fourth-order valence-corrected chi connectivity index (χ4v) is 1.51. The number of nitrogens with zero attached hydrogens (tertiary/aromatic N) is 5. The molecule has 0 aromatic carbocycles. The van der Waals surface area contributed by atoms with Crippen LogP contribution in [0.3, 0.4) is 0 Å². The topological polar surface area (TPSA) is 84.5 Å². The van der Waals surface area contributed by atoms with Crippen molar-refractivity contribution in [2.45, 2.75) is 6.42 Å². The van der Waals surface area contributed by atoms with Crippen LogP contribution in [0, 0.1) is 0 Å². The molecule has 1 amide bonds. The Hall–Kier alpha value is -2.31. The maximum absolute atomic E-state index is 11.5. The lowest BCUT2D eigenvalue weighted by Crippen LogP contribution is -2.18. The maximum atomic E-state index is 11.5. The Kier molecular flexibility index (Phi) is 1.52. The predicted octanol–water partition coefficient (Wildman–Crippen LogP) is -0.604. The minimum absolute atomic E-state index is 0.274. The van der Waals surface area contributed by atoms with E-state index in [9.17, 15) is 4.79 Å². The van der Waals surface area contributed by atoms with Gasteiger partial charge in [0.05, 0.1) is 11.3 Å². The van der Waals surface area contributed by atoms with Crippen LogP contribution in [-0.2, 0) is 6.42 Å². The van der Waals surface area contributed by atoms with Crippen LogP contribution in [0.5, 0.6) is 0 Å². The number of fused-ring (bicyclic) bond motifs is 3. The monoisotopic (exact) mass is 202 g/mol. The largest absolute Gasteiger partial charge is 0.274 e. The zero-order chi connectivity index (χ0) is 10.3. The molecule has 1 aliphatic heterocycles. The van der Waals surface area contributed by atoms with Crippen LogP contribution in [0.1, 0.15) is 16.1 Å². The van der Waals surface area contributed by atoms with Gasteiger partial charge in [-0.1, -0.05) is 0 Å². The zero-order valence-corrected chi connectivity index (χ0v) is 7.58. The molecule has 3 rings (SSSR count). The minimum atomic E-state index is -0.274. The van der Waals surface area contributed by atoms with Crippen LogP contribution in [0.25, 0.3) is 5.78 Å². The van der Waals surface area contributed by atoms with Gasteiger partial charge in [0.25, 0.3) is 11.7 Å². The number of hydrogen-bond donors (Lipinski definition) is 1. The average molecular weight is 202 g/mol. The molecule has 0 spiro atoms. The van der Waals surface area contributed by atoms with Crippen LogP contribution in [0.15, 0.2) is 17.6 Å². The summed E-state index contributed by atoms with van der Waals surface area (Å²) >= 11 is 0. The third kappa shape index (κ3) is 1.09. The van der Waals surface area contributed by atoms with Gasteiger partial charge in [0.1, 0.15) is 6.33 Å². The highest BCUT2D eigenvalue weighted by molar-refractivity contribution is 5.97. The maximum Gasteiger partial charge on any atom is 0.274 e. The van der Waals surface area contributed by atoms with Crippen molar-refractivity contribution in [1.82, 2.24) is 25.0 Å². The van der Waals surface area contributed by atoms with E-state index in [4.69, 9.17) is 0 Å². The van der Waals surface area contributed by atoms with Crippen molar-refractivity contribution in [2.24, 2.45) is 5.10 Å². The summed E-state index contributed by atoms with van der Waals surface area (Å²) in [6.45, 7) is 0. The molecule has 7 nitrogen and oxygen atoms in total. The molecular formula is C8H6N6O. The lowest BCUT2D eigenvalue weighted by Gasteiger charge is -2.03. The molecule has 0 atom stereocenters. The van der Waals surface area contributed by atoms with E-state index < -0.39 is 0 Å². The fourth-order valence-electron chi connectivity index (χ4n) is 1.51. The highest BCUT2D eigenvalue weighted by Crippen LogP contribution is 2.10. The molecule has 0 saturated heterocycles. The van der Waals surface area contributed by atoms with Crippen molar-refractivity contribution in [3.8, 4) is 0 Å². The molecule has 7 heteroatoms. The molecule has 3 heterocycles. The Bertz CT molecular complexity index is 572. The third-order valence-corrected chi connectivity index (χ3v) is 2.19. The number of hydrogen-bond acceptors (Lipinski definition) is 5. The number of rotatable bonds is 0. The highest BCUT2D eigenvalue weighted by Gasteiger charge is 2.17. The number of carbonyl (C=O) groups excluding carboxylic acids is 1. The summed E-state index contributed by atoms with van der Waals surface area (Å²) in [5.74, 6) is 0.209. The number of amides is 1. The van der Waals surface area contributed by atoms with Gasteiger partial charge in [-0.25, -0.2) is 14.9 Å². The summed E-state index contributed by atoms with van der Waals surface area (Å²) in [5.41, 5.74) is 3.61. The first-order valence-electron chi connectivity index (χ1n) is 4.36. The molecule has 2 aromatic heterocycles. The fraction of sp³-hybridized carbons (Fsp3) is 0.125. The third-order valence-electron chi connectivity index (χ3n) is 2.19. The van der Waals surface area contributed by atoms with Crippen molar-refractivity contribution < 1.29 is 4.79 Å². The van der Waals surface area contributed by atoms with E-state index in [1.54, 1.807) is 10.7 Å². The first kappa shape index (κ1) is 8.04. The molecule has 2 aromatic rings. The summed E-state index contributed by atoms with van der Waals surface area (Å²) in [4.78, 5) is 19.5. The van der Waals surface area contributed by atoms with Gasteiger partial charge in [-0.2, -0.15) is 15.2 Å². The Balaban J connectivity index is 2.36. The van der Waals surface area contributed by atoms with E-state index in [1.165, 1.54) is 12.5 Å². The van der Waals surface area contributed by atoms with Crippen LogP contribution >= 0.6 is 0 Å². The molecule has 1 N–H and O–H groups in total. The lowest BCUT2D eigenvalue weighted by molar-refractivity contribution is 0.0954. The Morgan fingerprint density at radius 3 is 3.27 bits per heavy atom. The van der Waals surface area contributed by atoms with Crippen molar-refractivity contribution >= 4 is 17.9 Å². The van der Waals surface area contributed by atoms with Gasteiger partial charge in [-0.3, -0.25) is 4.79 Å². The van der Waals surface area contributed by atoms with E-state index in [-0.39, 0.29) is 5.91 Å². The second-order valence-electron chi connectivity index (χ2n) is 3.05. The predicted molar refractivity (Wildman–Crippen MR) is 50.4 cm³/mol. The number of carbonyl (C=O) groups is 1. The molecule has 0 saturated carbocycles. The van der Waals surface area contributed by atoms with Crippen molar-refractivity contribution in [3.05, 3.63) is 23.8 Å². The summed E-state index contributed by atoms with van der Waals surface area (Å²) in [7, 11) is 0. The van der Waals surface area contributed by atoms with Gasteiger partial charge in [0, 0.05) is 18.8 Å². The van der Waals surface area contributed by atoms with Gasteiger partial charge in [-0.05, 0) is 0 Å². The highest BCUT2D eigenvalue weighted by atomic mass is 16.2. The molecule has 0 fully saturated rings. The van der Waals surface area contributed by atoms with Gasteiger partial charge < -0.3 is 0 Å². The quantitative estimate of drug-likeness (QED) is 0.618. The zero-order valence-electron chi connectivity index (χ0n) is 7.58. The minimum Gasteiger partial charge on any atom is -0.267 e. The Morgan fingerprint density at radius 1 is 1.40 bits per heavy atom. The second kappa shape index (κ2) is 2.84. The average Bonchev–Trinajstić information content (AvgIpc) is 2.64. The van der Waals surface area contributed by atoms with Crippen LogP contribution in [0.2, 0.25) is 0 Å². The molecule has 0 bridgehead atoms. The van der Waals surface area contributed by atoms with Crippen LogP contribution in [-0.4, -0.2) is 31.7 Å². The molecule has 0 unspecified atom stereocenters.